The SMILES string of the molecule is CC1CCCCN1CC1CCCN(C(=O)C(C)(N)c2ccccc2)C1.Cl.Cl. The van der Waals surface area contributed by atoms with Crippen molar-refractivity contribution in [2.75, 3.05) is 26.2 Å². The average molecular weight is 416 g/mol. The van der Waals surface area contributed by atoms with Crippen LogP contribution in [0.3, 0.4) is 0 Å². The standard InChI is InChI=1S/C21H33N3O.2ClH/c1-17-9-6-7-13-23(17)15-18-10-8-14-24(16-18)20(25)21(2,22)19-11-4-3-5-12-19;;/h3-5,11-12,17-18H,6-10,13-16,22H2,1-2H3;2*1H. The van der Waals surface area contributed by atoms with Gasteiger partial charge >= 0.3 is 0 Å². The third-order valence-corrected chi connectivity index (χ3v) is 6.06. The maximum atomic E-state index is 13.1. The van der Waals surface area contributed by atoms with Gasteiger partial charge in [-0.05, 0) is 57.6 Å². The Bertz CT molecular complexity index is 582. The van der Waals surface area contributed by atoms with Crippen molar-refractivity contribution in [3.05, 3.63) is 35.9 Å². The van der Waals surface area contributed by atoms with Crippen molar-refractivity contribution >= 4 is 30.7 Å². The summed E-state index contributed by atoms with van der Waals surface area (Å²) in [7, 11) is 0. The summed E-state index contributed by atoms with van der Waals surface area (Å²) in [5, 5.41) is 0. The lowest BCUT2D eigenvalue weighted by Crippen LogP contribution is -2.54. The summed E-state index contributed by atoms with van der Waals surface area (Å²) in [6.45, 7) is 8.21. The van der Waals surface area contributed by atoms with Crippen LogP contribution < -0.4 is 5.73 Å². The molecule has 2 saturated heterocycles. The molecule has 154 valence electrons. The Balaban J connectivity index is 0.00000182. The molecule has 2 heterocycles. The first kappa shape index (κ1) is 24.2. The summed E-state index contributed by atoms with van der Waals surface area (Å²) in [4.78, 5) is 17.7. The van der Waals surface area contributed by atoms with E-state index in [0.717, 1.165) is 31.6 Å². The fraction of sp³-hybridized carbons (Fsp3) is 0.667. The second-order valence-electron chi connectivity index (χ2n) is 8.17. The lowest BCUT2D eigenvalue weighted by atomic mass is 9.89. The molecule has 0 radical (unpaired) electrons. The van der Waals surface area contributed by atoms with Gasteiger partial charge in [-0.15, -0.1) is 24.8 Å². The molecule has 0 bridgehead atoms. The van der Waals surface area contributed by atoms with Crippen molar-refractivity contribution in [2.24, 2.45) is 11.7 Å². The van der Waals surface area contributed by atoms with Crippen molar-refractivity contribution < 1.29 is 4.79 Å². The number of hydrogen-bond acceptors (Lipinski definition) is 3. The number of carbonyl (C=O) groups is 1. The zero-order valence-corrected chi connectivity index (χ0v) is 18.2. The second-order valence-corrected chi connectivity index (χ2v) is 8.17. The van der Waals surface area contributed by atoms with E-state index in [1.54, 1.807) is 0 Å². The van der Waals surface area contributed by atoms with E-state index in [4.69, 9.17) is 5.73 Å². The van der Waals surface area contributed by atoms with Crippen molar-refractivity contribution in [1.82, 2.24) is 9.80 Å². The van der Waals surface area contributed by atoms with Gasteiger partial charge in [0.05, 0.1) is 0 Å². The van der Waals surface area contributed by atoms with Gasteiger partial charge in [0.25, 0.3) is 0 Å². The summed E-state index contributed by atoms with van der Waals surface area (Å²) < 4.78 is 0. The van der Waals surface area contributed by atoms with Crippen LogP contribution in [0.15, 0.2) is 30.3 Å². The number of carbonyl (C=O) groups excluding carboxylic acids is 1. The van der Waals surface area contributed by atoms with E-state index in [1.807, 2.05) is 42.2 Å². The second kappa shape index (κ2) is 10.7. The Hall–Kier alpha value is -0.810. The number of piperidine rings is 2. The Kier molecular flexibility index (Phi) is 9.56. The van der Waals surface area contributed by atoms with E-state index >= 15 is 0 Å². The lowest BCUT2D eigenvalue weighted by Gasteiger charge is -2.41. The van der Waals surface area contributed by atoms with Crippen LogP contribution in [0.4, 0.5) is 0 Å². The molecule has 2 aliphatic heterocycles. The molecule has 1 amide bonds. The average Bonchev–Trinajstić information content (AvgIpc) is 2.64. The number of amides is 1. The van der Waals surface area contributed by atoms with E-state index in [-0.39, 0.29) is 30.7 Å². The number of hydrogen-bond donors (Lipinski definition) is 1. The summed E-state index contributed by atoms with van der Waals surface area (Å²) in [5.41, 5.74) is 6.41. The van der Waals surface area contributed by atoms with Gasteiger partial charge in [0.15, 0.2) is 0 Å². The first-order valence-corrected chi connectivity index (χ1v) is 9.86. The van der Waals surface area contributed by atoms with E-state index in [2.05, 4.69) is 11.8 Å². The highest BCUT2D eigenvalue weighted by Crippen LogP contribution is 2.26. The molecule has 1 aromatic carbocycles. The molecular formula is C21H35Cl2N3O. The highest BCUT2D eigenvalue weighted by Gasteiger charge is 2.37. The fourth-order valence-electron chi connectivity index (χ4n) is 4.40. The van der Waals surface area contributed by atoms with Gasteiger partial charge in [-0.3, -0.25) is 4.79 Å². The molecule has 2 aliphatic rings. The Morgan fingerprint density at radius 2 is 1.81 bits per heavy atom. The molecule has 0 aromatic heterocycles. The number of likely N-dealkylation sites (tertiary alicyclic amines) is 2. The first-order valence-electron chi connectivity index (χ1n) is 9.86. The van der Waals surface area contributed by atoms with Crippen LogP contribution >= 0.6 is 24.8 Å². The Labute approximate surface area is 176 Å². The van der Waals surface area contributed by atoms with Crippen LogP contribution in [-0.2, 0) is 10.3 Å². The third kappa shape index (κ3) is 5.83. The molecule has 3 atom stereocenters. The normalized spacial score (nSPS) is 25.7. The van der Waals surface area contributed by atoms with Gasteiger partial charge in [0.1, 0.15) is 5.54 Å². The highest BCUT2D eigenvalue weighted by molar-refractivity contribution is 5.87. The van der Waals surface area contributed by atoms with Crippen LogP contribution in [-0.4, -0.2) is 47.9 Å². The number of rotatable bonds is 4. The van der Waals surface area contributed by atoms with E-state index < -0.39 is 5.54 Å². The molecule has 0 aliphatic carbocycles. The number of nitrogens with two attached hydrogens (primary N) is 1. The number of nitrogens with zero attached hydrogens (tertiary/aromatic N) is 2. The number of halogens is 2. The molecule has 2 N–H and O–H groups in total. The minimum atomic E-state index is -0.943. The van der Waals surface area contributed by atoms with Gasteiger partial charge in [-0.25, -0.2) is 0 Å². The predicted molar refractivity (Wildman–Crippen MR) is 117 cm³/mol. The first-order chi connectivity index (χ1) is 12.0. The molecule has 1 aromatic rings. The maximum absolute atomic E-state index is 13.1. The molecule has 3 rings (SSSR count). The zero-order chi connectivity index (χ0) is 17.9. The monoisotopic (exact) mass is 415 g/mol. The van der Waals surface area contributed by atoms with Crippen molar-refractivity contribution in [3.8, 4) is 0 Å². The quantitative estimate of drug-likeness (QED) is 0.812. The van der Waals surface area contributed by atoms with E-state index in [0.29, 0.717) is 12.0 Å². The van der Waals surface area contributed by atoms with Gasteiger partial charge in [-0.1, -0.05) is 36.8 Å². The van der Waals surface area contributed by atoms with Gasteiger partial charge in [0.2, 0.25) is 5.91 Å². The van der Waals surface area contributed by atoms with Gasteiger partial charge in [0, 0.05) is 25.7 Å². The molecule has 2 fully saturated rings. The fourth-order valence-corrected chi connectivity index (χ4v) is 4.40. The molecule has 3 unspecified atom stereocenters. The largest absolute Gasteiger partial charge is 0.340 e. The molecule has 0 spiro atoms. The summed E-state index contributed by atoms with van der Waals surface area (Å²) in [5.74, 6) is 0.639. The molecule has 27 heavy (non-hydrogen) atoms. The Morgan fingerprint density at radius 3 is 2.48 bits per heavy atom. The summed E-state index contributed by atoms with van der Waals surface area (Å²) in [6.07, 6.45) is 6.29. The molecular weight excluding hydrogens is 381 g/mol. The summed E-state index contributed by atoms with van der Waals surface area (Å²) >= 11 is 0. The van der Waals surface area contributed by atoms with Gasteiger partial charge in [-0.2, -0.15) is 0 Å². The molecule has 0 saturated carbocycles. The van der Waals surface area contributed by atoms with E-state index in [1.165, 1.54) is 32.2 Å². The smallest absolute Gasteiger partial charge is 0.246 e. The van der Waals surface area contributed by atoms with Crippen LogP contribution in [0.5, 0.6) is 0 Å². The topological polar surface area (TPSA) is 49.6 Å². The number of benzene rings is 1. The van der Waals surface area contributed by atoms with Crippen molar-refractivity contribution in [1.29, 1.82) is 0 Å². The van der Waals surface area contributed by atoms with Gasteiger partial charge < -0.3 is 15.5 Å². The minimum absolute atomic E-state index is 0. The lowest BCUT2D eigenvalue weighted by molar-refractivity contribution is -0.138. The van der Waals surface area contributed by atoms with E-state index in [9.17, 15) is 4.79 Å². The van der Waals surface area contributed by atoms with Crippen LogP contribution in [0.2, 0.25) is 0 Å². The molecule has 6 heteroatoms. The maximum Gasteiger partial charge on any atom is 0.246 e. The zero-order valence-electron chi connectivity index (χ0n) is 16.6. The van der Waals surface area contributed by atoms with Crippen LogP contribution in [0.1, 0.15) is 51.5 Å². The summed E-state index contributed by atoms with van der Waals surface area (Å²) in [6, 6.07) is 10.4. The van der Waals surface area contributed by atoms with Crippen molar-refractivity contribution in [2.45, 2.75) is 57.5 Å². The third-order valence-electron chi connectivity index (χ3n) is 6.06. The predicted octanol–water partition coefficient (Wildman–Crippen LogP) is 3.82. The Morgan fingerprint density at radius 1 is 1.11 bits per heavy atom. The highest BCUT2D eigenvalue weighted by atomic mass is 35.5. The molecule has 4 nitrogen and oxygen atoms in total. The van der Waals surface area contributed by atoms with Crippen LogP contribution in [0, 0.1) is 5.92 Å². The van der Waals surface area contributed by atoms with Crippen LogP contribution in [0.25, 0.3) is 0 Å². The van der Waals surface area contributed by atoms with Crippen molar-refractivity contribution in [3.63, 3.8) is 0 Å². The minimum Gasteiger partial charge on any atom is -0.340 e.